The Morgan fingerprint density at radius 2 is 1.95 bits per heavy atom. The summed E-state index contributed by atoms with van der Waals surface area (Å²) in [5, 5.41) is 1.15. The number of nitrogens with two attached hydrogens (primary N) is 1. The van der Waals surface area contributed by atoms with E-state index in [1.165, 1.54) is 5.56 Å². The molecule has 2 N–H and O–H groups in total. The van der Waals surface area contributed by atoms with Gasteiger partial charge in [-0.2, -0.15) is 0 Å². The molecule has 1 atom stereocenters. The second kappa shape index (κ2) is 6.02. The molecule has 0 amide bonds. The standard InChI is InChI=1S/C18H19N3/c1-13(8-9-19)15-10-16(12-20-11-15)18-7-6-14-4-2-3-5-17(14)21-18/h2-7,10-13H,8-9,19H2,1H3. The number of rotatable bonds is 4. The largest absolute Gasteiger partial charge is 0.330 e. The third-order valence-corrected chi connectivity index (χ3v) is 3.82. The van der Waals surface area contributed by atoms with Crippen LogP contribution in [0.4, 0.5) is 0 Å². The summed E-state index contributed by atoms with van der Waals surface area (Å²) in [5.41, 5.74) is 9.89. The van der Waals surface area contributed by atoms with E-state index in [1.807, 2.05) is 30.6 Å². The molecular weight excluding hydrogens is 258 g/mol. The summed E-state index contributed by atoms with van der Waals surface area (Å²) >= 11 is 0. The summed E-state index contributed by atoms with van der Waals surface area (Å²) < 4.78 is 0. The third kappa shape index (κ3) is 2.93. The average Bonchev–Trinajstić information content (AvgIpc) is 2.55. The molecule has 3 rings (SSSR count). The quantitative estimate of drug-likeness (QED) is 0.790. The molecule has 0 bridgehead atoms. The molecule has 0 spiro atoms. The zero-order valence-corrected chi connectivity index (χ0v) is 12.2. The number of para-hydroxylation sites is 1. The van der Waals surface area contributed by atoms with Gasteiger partial charge in [-0.25, -0.2) is 4.98 Å². The van der Waals surface area contributed by atoms with Crippen molar-refractivity contribution in [1.29, 1.82) is 0 Å². The van der Waals surface area contributed by atoms with Crippen molar-refractivity contribution in [3.05, 3.63) is 60.4 Å². The van der Waals surface area contributed by atoms with E-state index in [0.717, 1.165) is 28.6 Å². The van der Waals surface area contributed by atoms with Crippen LogP contribution in [0, 0.1) is 0 Å². The summed E-state index contributed by atoms with van der Waals surface area (Å²) in [7, 11) is 0. The minimum Gasteiger partial charge on any atom is -0.330 e. The number of aromatic nitrogens is 2. The van der Waals surface area contributed by atoms with Crippen molar-refractivity contribution in [2.45, 2.75) is 19.3 Å². The van der Waals surface area contributed by atoms with E-state index in [4.69, 9.17) is 10.7 Å². The zero-order valence-electron chi connectivity index (χ0n) is 12.2. The fraction of sp³-hybridized carbons (Fsp3) is 0.222. The molecule has 1 unspecified atom stereocenters. The van der Waals surface area contributed by atoms with Crippen LogP contribution in [0.1, 0.15) is 24.8 Å². The molecule has 3 heteroatoms. The van der Waals surface area contributed by atoms with Crippen LogP contribution in [0.3, 0.4) is 0 Å². The maximum Gasteiger partial charge on any atom is 0.0725 e. The predicted molar refractivity (Wildman–Crippen MR) is 87.1 cm³/mol. The van der Waals surface area contributed by atoms with Gasteiger partial charge in [0, 0.05) is 23.3 Å². The first-order valence-corrected chi connectivity index (χ1v) is 7.29. The summed E-state index contributed by atoms with van der Waals surface area (Å²) in [6.45, 7) is 2.88. The van der Waals surface area contributed by atoms with Gasteiger partial charge in [-0.15, -0.1) is 0 Å². The first-order valence-electron chi connectivity index (χ1n) is 7.29. The molecule has 2 aromatic heterocycles. The van der Waals surface area contributed by atoms with Crippen LogP contribution in [0.5, 0.6) is 0 Å². The van der Waals surface area contributed by atoms with Gasteiger partial charge < -0.3 is 5.73 Å². The molecule has 21 heavy (non-hydrogen) atoms. The first-order chi connectivity index (χ1) is 10.3. The van der Waals surface area contributed by atoms with E-state index in [2.05, 4.69) is 36.2 Å². The van der Waals surface area contributed by atoms with E-state index < -0.39 is 0 Å². The van der Waals surface area contributed by atoms with E-state index in [9.17, 15) is 0 Å². The van der Waals surface area contributed by atoms with E-state index in [0.29, 0.717) is 12.5 Å². The van der Waals surface area contributed by atoms with Gasteiger partial charge in [-0.1, -0.05) is 31.2 Å². The number of hydrogen-bond acceptors (Lipinski definition) is 3. The maximum absolute atomic E-state index is 5.65. The SMILES string of the molecule is CC(CCN)c1cncc(-c2ccc3ccccc3n2)c1. The van der Waals surface area contributed by atoms with Crippen LogP contribution in [0.15, 0.2) is 54.9 Å². The molecule has 0 radical (unpaired) electrons. The van der Waals surface area contributed by atoms with Crippen LogP contribution in [-0.4, -0.2) is 16.5 Å². The van der Waals surface area contributed by atoms with Gasteiger partial charge in [0.2, 0.25) is 0 Å². The van der Waals surface area contributed by atoms with E-state index >= 15 is 0 Å². The number of benzene rings is 1. The minimum absolute atomic E-state index is 0.419. The Hall–Kier alpha value is -2.26. The summed E-state index contributed by atoms with van der Waals surface area (Å²) in [6, 6.07) is 14.5. The molecule has 0 saturated carbocycles. The van der Waals surface area contributed by atoms with Gasteiger partial charge in [0.15, 0.2) is 0 Å². The Labute approximate surface area is 124 Å². The summed E-state index contributed by atoms with van der Waals surface area (Å²) in [5.74, 6) is 0.419. The fourth-order valence-corrected chi connectivity index (χ4v) is 2.51. The Morgan fingerprint density at radius 3 is 2.81 bits per heavy atom. The fourth-order valence-electron chi connectivity index (χ4n) is 2.51. The highest BCUT2D eigenvalue weighted by molar-refractivity contribution is 5.81. The number of fused-ring (bicyclic) bond motifs is 1. The lowest BCUT2D eigenvalue weighted by Gasteiger charge is -2.11. The first kappa shape index (κ1) is 13.7. The molecule has 0 aliphatic rings. The van der Waals surface area contributed by atoms with Crippen molar-refractivity contribution in [2.24, 2.45) is 5.73 Å². The normalized spacial score (nSPS) is 12.5. The summed E-state index contributed by atoms with van der Waals surface area (Å²) in [4.78, 5) is 9.09. The van der Waals surface area contributed by atoms with Crippen molar-refractivity contribution >= 4 is 10.9 Å². The lowest BCUT2D eigenvalue weighted by molar-refractivity contribution is 0.687. The molecule has 3 aromatic rings. The number of hydrogen-bond donors (Lipinski definition) is 1. The molecule has 3 nitrogen and oxygen atoms in total. The maximum atomic E-state index is 5.65. The minimum atomic E-state index is 0.419. The third-order valence-electron chi connectivity index (χ3n) is 3.82. The van der Waals surface area contributed by atoms with E-state index in [-0.39, 0.29) is 0 Å². The van der Waals surface area contributed by atoms with Crippen molar-refractivity contribution in [3.63, 3.8) is 0 Å². The Balaban J connectivity index is 2.00. The highest BCUT2D eigenvalue weighted by Gasteiger charge is 2.08. The molecule has 0 fully saturated rings. The van der Waals surface area contributed by atoms with Crippen molar-refractivity contribution in [1.82, 2.24) is 9.97 Å². The van der Waals surface area contributed by atoms with Crippen molar-refractivity contribution in [2.75, 3.05) is 6.54 Å². The number of pyridine rings is 2. The molecule has 0 saturated heterocycles. The summed E-state index contributed by atoms with van der Waals surface area (Å²) in [6.07, 6.45) is 4.76. The Bertz CT molecular complexity index is 752. The molecular formula is C18H19N3. The van der Waals surface area contributed by atoms with Gasteiger partial charge in [-0.3, -0.25) is 4.98 Å². The molecule has 106 valence electrons. The van der Waals surface area contributed by atoms with Crippen LogP contribution in [0.25, 0.3) is 22.2 Å². The Morgan fingerprint density at radius 1 is 1.10 bits per heavy atom. The number of nitrogens with zero attached hydrogens (tertiary/aromatic N) is 2. The highest BCUT2D eigenvalue weighted by atomic mass is 14.7. The van der Waals surface area contributed by atoms with Crippen LogP contribution >= 0.6 is 0 Å². The lowest BCUT2D eigenvalue weighted by Crippen LogP contribution is -2.05. The zero-order chi connectivity index (χ0) is 14.7. The van der Waals surface area contributed by atoms with Crippen LogP contribution in [-0.2, 0) is 0 Å². The highest BCUT2D eigenvalue weighted by Crippen LogP contribution is 2.24. The molecule has 2 heterocycles. The van der Waals surface area contributed by atoms with Crippen molar-refractivity contribution < 1.29 is 0 Å². The van der Waals surface area contributed by atoms with Crippen LogP contribution in [0.2, 0.25) is 0 Å². The second-order valence-electron chi connectivity index (χ2n) is 5.37. The second-order valence-corrected chi connectivity index (χ2v) is 5.37. The molecule has 0 aliphatic heterocycles. The lowest BCUT2D eigenvalue weighted by atomic mass is 9.97. The van der Waals surface area contributed by atoms with Crippen LogP contribution < -0.4 is 5.73 Å². The molecule has 0 aliphatic carbocycles. The van der Waals surface area contributed by atoms with Crippen molar-refractivity contribution in [3.8, 4) is 11.3 Å². The topological polar surface area (TPSA) is 51.8 Å². The van der Waals surface area contributed by atoms with Gasteiger partial charge in [0.25, 0.3) is 0 Å². The molecule has 1 aromatic carbocycles. The monoisotopic (exact) mass is 277 g/mol. The average molecular weight is 277 g/mol. The Kier molecular flexibility index (Phi) is 3.93. The van der Waals surface area contributed by atoms with E-state index in [1.54, 1.807) is 0 Å². The van der Waals surface area contributed by atoms with Gasteiger partial charge in [0.05, 0.1) is 11.2 Å². The van der Waals surface area contributed by atoms with Gasteiger partial charge >= 0.3 is 0 Å². The predicted octanol–water partition coefficient (Wildman–Crippen LogP) is 3.75. The van der Waals surface area contributed by atoms with Gasteiger partial charge in [0.1, 0.15) is 0 Å². The smallest absolute Gasteiger partial charge is 0.0725 e. The van der Waals surface area contributed by atoms with Gasteiger partial charge in [-0.05, 0) is 42.6 Å².